The van der Waals surface area contributed by atoms with E-state index in [4.69, 9.17) is 0 Å². The molecule has 38 heavy (non-hydrogen) atoms. The molecule has 1 aliphatic rings. The number of nitrogens with one attached hydrogen (secondary N) is 2. The first-order valence-corrected chi connectivity index (χ1v) is 14.0. The first kappa shape index (κ1) is 29.9. The van der Waals surface area contributed by atoms with E-state index in [0.29, 0.717) is 18.5 Å². The largest absolute Gasteiger partial charge is 0.413 e. The summed E-state index contributed by atoms with van der Waals surface area (Å²) in [6.07, 6.45) is 1.77. The lowest BCUT2D eigenvalue weighted by Gasteiger charge is -2.33. The van der Waals surface area contributed by atoms with Crippen LogP contribution in [0.4, 0.5) is 30.2 Å². The Morgan fingerprint density at radius 1 is 1.18 bits per heavy atom. The number of carbonyl (C=O) groups excluding carboxylic acids is 1. The number of halogens is 3. The average molecular weight is 546 g/mol. The second kappa shape index (κ2) is 13.0. The highest BCUT2D eigenvalue weighted by Crippen LogP contribution is 2.43. The fourth-order valence-corrected chi connectivity index (χ4v) is 5.66. The summed E-state index contributed by atoms with van der Waals surface area (Å²) < 4.78 is 42.7. The van der Waals surface area contributed by atoms with Gasteiger partial charge in [0.15, 0.2) is 6.04 Å². The van der Waals surface area contributed by atoms with E-state index in [1.54, 1.807) is 30.1 Å². The van der Waals surface area contributed by atoms with E-state index in [1.165, 1.54) is 19.2 Å². The molecule has 0 saturated carbocycles. The summed E-state index contributed by atoms with van der Waals surface area (Å²) in [5.41, 5.74) is 3.42. The van der Waals surface area contributed by atoms with Crippen molar-refractivity contribution < 1.29 is 18.0 Å². The predicted octanol–water partition coefficient (Wildman–Crippen LogP) is 8.30. The second-order valence-corrected chi connectivity index (χ2v) is 11.0. The quantitative estimate of drug-likeness (QED) is 0.278. The van der Waals surface area contributed by atoms with Gasteiger partial charge in [-0.15, -0.1) is 0 Å². The number of aromatic nitrogens is 1. The highest BCUT2D eigenvalue weighted by atomic mass is 32.2. The number of alkyl halides is 3. The van der Waals surface area contributed by atoms with E-state index in [1.807, 2.05) is 33.8 Å². The van der Waals surface area contributed by atoms with Gasteiger partial charge in [-0.2, -0.15) is 13.2 Å². The zero-order valence-electron chi connectivity index (χ0n) is 22.9. The molecule has 1 aromatic carbocycles. The fourth-order valence-electron chi connectivity index (χ4n) is 4.86. The van der Waals surface area contributed by atoms with Crippen molar-refractivity contribution in [3.8, 4) is 0 Å². The molecule has 2 aromatic rings. The molecule has 205 valence electrons. The zero-order chi connectivity index (χ0) is 28.0. The Hall–Kier alpha value is -2.62. The molecule has 1 radical (unpaired) electrons. The van der Waals surface area contributed by atoms with Crippen molar-refractivity contribution in [3.05, 3.63) is 52.7 Å². The van der Waals surface area contributed by atoms with Gasteiger partial charge in [0.25, 0.3) is 0 Å². The van der Waals surface area contributed by atoms with Gasteiger partial charge in [-0.25, -0.2) is 4.98 Å². The standard InChI is InChI=1S/C28H37BF3N4OS/c1-7-9-20(10-8-2)27(37)36(6)25(28(30,31)32)19-11-13-21(14-12-19)35-22-16-34-26-24(23(22)18(4)29-5)33-15-17(3)38-26/h11-16,18,20,25,33,35H,7-10H2,1-6H3/t18?,25-/m0/s1. The number of carbonyl (C=O) groups is 1. The molecule has 1 aliphatic heterocycles. The minimum Gasteiger partial charge on any atom is -0.358 e. The molecule has 5 nitrogen and oxygen atoms in total. The minimum atomic E-state index is -4.60. The molecule has 2 atom stereocenters. The van der Waals surface area contributed by atoms with Crippen LogP contribution >= 0.6 is 11.8 Å². The fraction of sp³-hybridized carbons (Fsp3) is 0.500. The van der Waals surface area contributed by atoms with Gasteiger partial charge < -0.3 is 15.5 Å². The summed E-state index contributed by atoms with van der Waals surface area (Å²) >= 11 is 1.60. The number of rotatable bonds is 11. The third kappa shape index (κ3) is 6.87. The maximum atomic E-state index is 14.2. The lowest BCUT2D eigenvalue weighted by Crippen LogP contribution is -2.42. The number of benzene rings is 1. The Morgan fingerprint density at radius 3 is 2.37 bits per heavy atom. The lowest BCUT2D eigenvalue weighted by atomic mass is 9.64. The Morgan fingerprint density at radius 2 is 1.82 bits per heavy atom. The van der Waals surface area contributed by atoms with Crippen molar-refractivity contribution in [1.82, 2.24) is 9.88 Å². The summed E-state index contributed by atoms with van der Waals surface area (Å²) in [5, 5.41) is 7.58. The maximum Gasteiger partial charge on any atom is 0.413 e. The number of pyridine rings is 1. The van der Waals surface area contributed by atoms with E-state index in [0.717, 1.165) is 44.6 Å². The number of fused-ring (bicyclic) bond motifs is 1. The summed E-state index contributed by atoms with van der Waals surface area (Å²) in [6, 6.07) is 4.13. The SMILES string of the molecule is C[B]C(C)c1c(Nc2ccc([C@H](N(C)C(=O)C(CCC)CCC)C(F)(F)F)cc2)cnc2c1NC=C(C)S2. The van der Waals surface area contributed by atoms with Crippen LogP contribution in [-0.4, -0.2) is 36.3 Å². The molecule has 1 amide bonds. The molecule has 1 unspecified atom stereocenters. The molecule has 3 rings (SSSR count). The summed E-state index contributed by atoms with van der Waals surface area (Å²) in [6.45, 7) is 9.98. The van der Waals surface area contributed by atoms with Gasteiger partial charge in [-0.3, -0.25) is 4.79 Å². The minimum absolute atomic E-state index is 0.0309. The lowest BCUT2D eigenvalue weighted by molar-refractivity contribution is -0.190. The molecular weight excluding hydrogens is 508 g/mol. The average Bonchev–Trinajstić information content (AvgIpc) is 2.87. The van der Waals surface area contributed by atoms with Crippen LogP contribution in [0.5, 0.6) is 0 Å². The van der Waals surface area contributed by atoms with Gasteiger partial charge in [-0.1, -0.05) is 64.3 Å². The third-order valence-corrected chi connectivity index (χ3v) is 7.83. The van der Waals surface area contributed by atoms with Gasteiger partial charge in [0.05, 0.1) is 17.6 Å². The van der Waals surface area contributed by atoms with E-state index in [2.05, 4.69) is 29.8 Å². The normalized spacial score (nSPS) is 14.7. The zero-order valence-corrected chi connectivity index (χ0v) is 23.8. The number of hydrogen-bond acceptors (Lipinski definition) is 5. The van der Waals surface area contributed by atoms with Gasteiger partial charge in [-0.05, 0) is 48.8 Å². The van der Waals surface area contributed by atoms with E-state index in [9.17, 15) is 18.0 Å². The highest BCUT2D eigenvalue weighted by molar-refractivity contribution is 8.03. The van der Waals surface area contributed by atoms with Crippen molar-refractivity contribution in [3.63, 3.8) is 0 Å². The first-order valence-electron chi connectivity index (χ1n) is 13.2. The van der Waals surface area contributed by atoms with Crippen LogP contribution in [0.15, 0.2) is 46.6 Å². The van der Waals surface area contributed by atoms with Crippen LogP contribution in [0, 0.1) is 5.92 Å². The first-order chi connectivity index (χ1) is 18.0. The monoisotopic (exact) mass is 545 g/mol. The van der Waals surface area contributed by atoms with Crippen LogP contribution in [0.1, 0.15) is 76.4 Å². The molecule has 0 saturated heterocycles. The van der Waals surface area contributed by atoms with Crippen LogP contribution in [0.25, 0.3) is 0 Å². The molecule has 1 aromatic heterocycles. The molecule has 2 N–H and O–H groups in total. The van der Waals surface area contributed by atoms with Gasteiger partial charge >= 0.3 is 6.18 Å². The Labute approximate surface area is 229 Å². The van der Waals surface area contributed by atoms with Crippen LogP contribution in [-0.2, 0) is 4.79 Å². The Bertz CT molecular complexity index is 1130. The highest BCUT2D eigenvalue weighted by Gasteiger charge is 2.46. The van der Waals surface area contributed by atoms with Crippen LogP contribution in [0.2, 0.25) is 6.82 Å². The number of nitrogens with zero attached hydrogens (tertiary/aromatic N) is 2. The third-order valence-electron chi connectivity index (χ3n) is 6.89. The Kier molecular flexibility index (Phi) is 10.2. The van der Waals surface area contributed by atoms with Crippen molar-refractivity contribution in [2.75, 3.05) is 17.7 Å². The molecule has 0 aliphatic carbocycles. The Balaban J connectivity index is 1.89. The van der Waals surface area contributed by atoms with E-state index >= 15 is 0 Å². The number of amides is 1. The molecule has 10 heteroatoms. The molecule has 0 fully saturated rings. The van der Waals surface area contributed by atoms with Crippen molar-refractivity contribution in [2.24, 2.45) is 5.92 Å². The van der Waals surface area contributed by atoms with Crippen molar-refractivity contribution in [1.29, 1.82) is 0 Å². The van der Waals surface area contributed by atoms with Gasteiger partial charge in [0.1, 0.15) is 12.3 Å². The van der Waals surface area contributed by atoms with Crippen molar-refractivity contribution in [2.45, 2.75) is 83.3 Å². The van der Waals surface area contributed by atoms with E-state index in [-0.39, 0.29) is 11.4 Å². The predicted molar refractivity (Wildman–Crippen MR) is 152 cm³/mol. The summed E-state index contributed by atoms with van der Waals surface area (Å²) in [5.74, 6) is -0.747. The van der Waals surface area contributed by atoms with Crippen LogP contribution in [0.3, 0.4) is 0 Å². The molecule has 0 spiro atoms. The van der Waals surface area contributed by atoms with Crippen LogP contribution < -0.4 is 10.6 Å². The van der Waals surface area contributed by atoms with E-state index < -0.39 is 24.0 Å². The topological polar surface area (TPSA) is 57.3 Å². The number of thioether (sulfide) groups is 1. The number of allylic oxidation sites excluding steroid dienone is 1. The van der Waals surface area contributed by atoms with Gasteiger partial charge in [0.2, 0.25) is 5.91 Å². The van der Waals surface area contributed by atoms with Crippen molar-refractivity contribution >= 4 is 42.0 Å². The van der Waals surface area contributed by atoms with Gasteiger partial charge in [0, 0.05) is 29.8 Å². The number of hydrogen-bond donors (Lipinski definition) is 2. The molecular formula is C28H37BF3N4OS. The summed E-state index contributed by atoms with van der Waals surface area (Å²) in [7, 11) is 3.35. The molecule has 0 bridgehead atoms. The maximum absolute atomic E-state index is 14.2. The molecule has 2 heterocycles. The second-order valence-electron chi connectivity index (χ2n) is 9.80. The number of anilines is 3. The summed E-state index contributed by atoms with van der Waals surface area (Å²) in [4.78, 5) is 19.6. The smallest absolute Gasteiger partial charge is 0.358 e.